The van der Waals surface area contributed by atoms with Crippen molar-refractivity contribution in [2.24, 2.45) is 0 Å². The number of thioether (sulfide) groups is 1. The van der Waals surface area contributed by atoms with Crippen LogP contribution in [0.1, 0.15) is 11.4 Å². The first kappa shape index (κ1) is 16.1. The molecular formula is C18H14ClN5S. The number of hydrogen-bond donors (Lipinski definition) is 0. The van der Waals surface area contributed by atoms with Gasteiger partial charge >= 0.3 is 0 Å². The lowest BCUT2D eigenvalue weighted by molar-refractivity contribution is 0.570. The van der Waals surface area contributed by atoms with E-state index in [9.17, 15) is 0 Å². The smallest absolute Gasteiger partial charge is 0.185 e. The van der Waals surface area contributed by atoms with Crippen LogP contribution in [0.3, 0.4) is 0 Å². The summed E-state index contributed by atoms with van der Waals surface area (Å²) in [7, 11) is 0. The molecule has 0 aliphatic heterocycles. The number of hydrogen-bond acceptors (Lipinski definition) is 5. The molecule has 4 rings (SSSR count). The number of fused-ring (bicyclic) bond motifs is 1. The zero-order valence-corrected chi connectivity index (χ0v) is 14.8. The predicted octanol–water partition coefficient (Wildman–Crippen LogP) is 4.22. The minimum absolute atomic E-state index is 0.444. The fourth-order valence-corrected chi connectivity index (χ4v) is 3.43. The van der Waals surface area contributed by atoms with Crippen molar-refractivity contribution in [3.05, 3.63) is 77.2 Å². The van der Waals surface area contributed by atoms with E-state index in [0.29, 0.717) is 23.3 Å². The van der Waals surface area contributed by atoms with Crippen molar-refractivity contribution >= 4 is 34.3 Å². The van der Waals surface area contributed by atoms with Crippen LogP contribution in [0.2, 0.25) is 5.15 Å². The van der Waals surface area contributed by atoms with E-state index in [-0.39, 0.29) is 0 Å². The average Bonchev–Trinajstić information content (AvgIpc) is 3.09. The molecule has 0 atom stereocenters. The second kappa shape index (κ2) is 7.21. The van der Waals surface area contributed by atoms with E-state index in [1.807, 2.05) is 48.5 Å². The van der Waals surface area contributed by atoms with Crippen molar-refractivity contribution in [1.82, 2.24) is 25.2 Å². The first-order valence-electron chi connectivity index (χ1n) is 7.76. The summed E-state index contributed by atoms with van der Waals surface area (Å²) < 4.78 is 0. The second-order valence-electron chi connectivity index (χ2n) is 5.47. The van der Waals surface area contributed by atoms with Crippen molar-refractivity contribution < 1.29 is 0 Å². The fraction of sp³-hybridized carbons (Fsp3) is 0.111. The SMILES string of the molecule is Clc1nc2ccccc2cc1Cn1nnc(CSc2ccccc2)n1. The van der Waals surface area contributed by atoms with Gasteiger partial charge in [-0.2, -0.15) is 4.80 Å². The van der Waals surface area contributed by atoms with E-state index in [4.69, 9.17) is 11.6 Å². The van der Waals surface area contributed by atoms with E-state index in [1.54, 1.807) is 16.6 Å². The lowest BCUT2D eigenvalue weighted by atomic mass is 10.1. The highest BCUT2D eigenvalue weighted by molar-refractivity contribution is 7.98. The molecule has 124 valence electrons. The van der Waals surface area contributed by atoms with Crippen LogP contribution in [-0.2, 0) is 12.3 Å². The third kappa shape index (κ3) is 3.81. The third-order valence-electron chi connectivity index (χ3n) is 3.67. The van der Waals surface area contributed by atoms with E-state index >= 15 is 0 Å². The molecule has 0 saturated heterocycles. The van der Waals surface area contributed by atoms with Gasteiger partial charge in [0.15, 0.2) is 5.82 Å². The van der Waals surface area contributed by atoms with Crippen molar-refractivity contribution in [1.29, 1.82) is 0 Å². The van der Waals surface area contributed by atoms with Gasteiger partial charge in [-0.05, 0) is 29.5 Å². The topological polar surface area (TPSA) is 56.5 Å². The van der Waals surface area contributed by atoms with Gasteiger partial charge in [-0.15, -0.1) is 22.0 Å². The molecule has 0 aliphatic rings. The van der Waals surface area contributed by atoms with Gasteiger partial charge in [0.1, 0.15) is 5.15 Å². The number of para-hydroxylation sites is 1. The minimum Gasteiger partial charge on any atom is -0.236 e. The Labute approximate surface area is 154 Å². The van der Waals surface area contributed by atoms with Crippen LogP contribution in [0.15, 0.2) is 65.6 Å². The lowest BCUT2D eigenvalue weighted by Crippen LogP contribution is -2.05. The van der Waals surface area contributed by atoms with Gasteiger partial charge in [0.05, 0.1) is 17.8 Å². The Morgan fingerprint density at radius 3 is 2.68 bits per heavy atom. The van der Waals surface area contributed by atoms with Crippen LogP contribution in [0.4, 0.5) is 0 Å². The van der Waals surface area contributed by atoms with Crippen molar-refractivity contribution in [2.45, 2.75) is 17.2 Å². The maximum Gasteiger partial charge on any atom is 0.185 e. The zero-order valence-electron chi connectivity index (χ0n) is 13.2. The zero-order chi connectivity index (χ0) is 17.1. The number of benzene rings is 2. The first-order chi connectivity index (χ1) is 12.3. The summed E-state index contributed by atoms with van der Waals surface area (Å²) in [6, 6.07) is 20.1. The third-order valence-corrected chi connectivity index (χ3v) is 5.00. The van der Waals surface area contributed by atoms with Gasteiger partial charge in [0, 0.05) is 15.8 Å². The normalized spacial score (nSPS) is 11.1. The molecular weight excluding hydrogens is 354 g/mol. The van der Waals surface area contributed by atoms with Crippen LogP contribution >= 0.6 is 23.4 Å². The number of tetrazole rings is 1. The molecule has 0 spiro atoms. The van der Waals surface area contributed by atoms with E-state index in [1.165, 1.54) is 4.90 Å². The Kier molecular flexibility index (Phi) is 4.63. The maximum absolute atomic E-state index is 6.30. The number of aromatic nitrogens is 5. The molecule has 5 nitrogen and oxygen atoms in total. The van der Waals surface area contributed by atoms with Gasteiger partial charge in [0.25, 0.3) is 0 Å². The summed E-state index contributed by atoms with van der Waals surface area (Å²) in [5.74, 6) is 1.37. The number of nitrogens with zero attached hydrogens (tertiary/aromatic N) is 5. The monoisotopic (exact) mass is 367 g/mol. The molecule has 0 bridgehead atoms. The lowest BCUT2D eigenvalue weighted by Gasteiger charge is -2.05. The summed E-state index contributed by atoms with van der Waals surface area (Å²) in [6.07, 6.45) is 0. The molecule has 2 heterocycles. The average molecular weight is 368 g/mol. The molecule has 2 aromatic carbocycles. The molecule has 0 amide bonds. The quantitative estimate of drug-likeness (QED) is 0.390. The Morgan fingerprint density at radius 1 is 1.00 bits per heavy atom. The van der Waals surface area contributed by atoms with Crippen LogP contribution in [-0.4, -0.2) is 25.2 Å². The molecule has 25 heavy (non-hydrogen) atoms. The number of rotatable bonds is 5. The highest BCUT2D eigenvalue weighted by Crippen LogP contribution is 2.22. The van der Waals surface area contributed by atoms with Crippen molar-refractivity contribution in [2.75, 3.05) is 0 Å². The number of pyridine rings is 1. The second-order valence-corrected chi connectivity index (χ2v) is 6.88. The van der Waals surface area contributed by atoms with Crippen LogP contribution < -0.4 is 0 Å². The van der Waals surface area contributed by atoms with Crippen molar-refractivity contribution in [3.63, 3.8) is 0 Å². The van der Waals surface area contributed by atoms with Crippen LogP contribution in [0, 0.1) is 0 Å². The molecule has 0 aliphatic carbocycles. The van der Waals surface area contributed by atoms with Gasteiger partial charge in [-0.3, -0.25) is 0 Å². The molecule has 0 unspecified atom stereocenters. The minimum atomic E-state index is 0.444. The van der Waals surface area contributed by atoms with Gasteiger partial charge < -0.3 is 0 Å². The van der Waals surface area contributed by atoms with Crippen LogP contribution in [0.25, 0.3) is 10.9 Å². The molecule has 0 N–H and O–H groups in total. The summed E-state index contributed by atoms with van der Waals surface area (Å²) >= 11 is 7.98. The summed E-state index contributed by atoms with van der Waals surface area (Å²) in [6.45, 7) is 0.444. The van der Waals surface area contributed by atoms with Crippen LogP contribution in [0.5, 0.6) is 0 Å². The molecule has 0 saturated carbocycles. The van der Waals surface area contributed by atoms with Crippen molar-refractivity contribution in [3.8, 4) is 0 Å². The standard InChI is InChI=1S/C18H14ClN5S/c19-18-14(10-13-6-4-5-9-16(13)20-18)11-24-22-17(21-23-24)12-25-15-7-2-1-3-8-15/h1-10H,11-12H2. The summed E-state index contributed by atoms with van der Waals surface area (Å²) in [5, 5.41) is 14.2. The Bertz CT molecular complexity index is 1000. The van der Waals surface area contributed by atoms with E-state index < -0.39 is 0 Å². The summed E-state index contributed by atoms with van der Waals surface area (Å²) in [4.78, 5) is 7.16. The Morgan fingerprint density at radius 2 is 1.80 bits per heavy atom. The Hall–Kier alpha value is -2.44. The molecule has 0 radical (unpaired) electrons. The molecule has 2 aromatic heterocycles. The molecule has 0 fully saturated rings. The first-order valence-corrected chi connectivity index (χ1v) is 9.13. The molecule has 7 heteroatoms. The van der Waals surface area contributed by atoms with E-state index in [2.05, 4.69) is 32.5 Å². The van der Waals surface area contributed by atoms with Gasteiger partial charge in [-0.25, -0.2) is 4.98 Å². The predicted molar refractivity (Wildman–Crippen MR) is 99.7 cm³/mol. The molecule has 4 aromatic rings. The fourth-order valence-electron chi connectivity index (χ4n) is 2.47. The largest absolute Gasteiger partial charge is 0.236 e. The maximum atomic E-state index is 6.30. The Balaban J connectivity index is 1.48. The van der Waals surface area contributed by atoms with E-state index in [0.717, 1.165) is 16.5 Å². The summed E-state index contributed by atoms with van der Waals surface area (Å²) in [5.41, 5.74) is 1.75. The van der Waals surface area contributed by atoms with Gasteiger partial charge in [-0.1, -0.05) is 48.0 Å². The highest BCUT2D eigenvalue weighted by Gasteiger charge is 2.09. The highest BCUT2D eigenvalue weighted by atomic mass is 35.5. The van der Waals surface area contributed by atoms with Gasteiger partial charge in [0.2, 0.25) is 0 Å². The number of halogens is 1.